The Morgan fingerprint density at radius 1 is 1.15 bits per heavy atom. The quantitative estimate of drug-likeness (QED) is 0.582. The average Bonchev–Trinajstić information content (AvgIpc) is 2.88. The summed E-state index contributed by atoms with van der Waals surface area (Å²) in [5.74, 6) is -1.48. The molecule has 1 N–H and O–H groups in total. The zero-order valence-electron chi connectivity index (χ0n) is 13.5. The molecule has 1 saturated heterocycles. The largest absolute Gasteiger partial charge is 0.324 e. The summed E-state index contributed by atoms with van der Waals surface area (Å²) in [6, 6.07) is 11.3. The number of amides is 3. The highest BCUT2D eigenvalue weighted by Crippen LogP contribution is 2.32. The first-order chi connectivity index (χ1) is 12.8. The molecule has 0 aliphatic carbocycles. The van der Waals surface area contributed by atoms with Crippen LogP contribution in [0.5, 0.6) is 0 Å². The predicted molar refractivity (Wildman–Crippen MR) is 110 cm³/mol. The first-order valence-electron chi connectivity index (χ1n) is 7.60. The monoisotopic (exact) mass is 512 g/mol. The summed E-state index contributed by atoms with van der Waals surface area (Å²) in [6.45, 7) is -0.392. The number of nitrogens with zero attached hydrogens (tertiary/aromatic N) is 1. The molecular weight excluding hydrogens is 503 g/mol. The molecule has 1 fully saturated rings. The maximum atomic E-state index is 13.3. The van der Waals surface area contributed by atoms with Gasteiger partial charge in [0.15, 0.2) is 0 Å². The Morgan fingerprint density at radius 2 is 1.89 bits per heavy atom. The third-order valence-corrected chi connectivity index (χ3v) is 5.77. The number of para-hydroxylation sites is 1. The molecule has 0 saturated carbocycles. The van der Waals surface area contributed by atoms with Gasteiger partial charge in [-0.1, -0.05) is 18.2 Å². The fraction of sp³-hybridized carbons (Fsp3) is 0.0556. The number of imide groups is 1. The first kappa shape index (κ1) is 19.8. The number of hydrogen-bond acceptors (Lipinski definition) is 4. The first-order valence-corrected chi connectivity index (χ1v) is 10.00. The summed E-state index contributed by atoms with van der Waals surface area (Å²) in [5, 5.41) is 2.12. The lowest BCUT2D eigenvalue weighted by Crippen LogP contribution is -2.36. The number of hydrogen-bond donors (Lipinski definition) is 1. The molecule has 0 bridgehead atoms. The van der Waals surface area contributed by atoms with Gasteiger partial charge in [-0.05, 0) is 79.5 Å². The molecule has 2 aromatic rings. The maximum Gasteiger partial charge on any atom is 0.294 e. The van der Waals surface area contributed by atoms with E-state index in [0.29, 0.717) is 15.7 Å². The van der Waals surface area contributed by atoms with E-state index in [4.69, 9.17) is 0 Å². The van der Waals surface area contributed by atoms with Crippen LogP contribution >= 0.6 is 43.6 Å². The fourth-order valence-electron chi connectivity index (χ4n) is 2.29. The Hall–Kier alpha value is -1.97. The van der Waals surface area contributed by atoms with Gasteiger partial charge in [0, 0.05) is 4.47 Å². The van der Waals surface area contributed by atoms with Crippen LogP contribution in [0, 0.1) is 5.82 Å². The summed E-state index contributed by atoms with van der Waals surface area (Å²) >= 11 is 7.13. The van der Waals surface area contributed by atoms with Crippen LogP contribution in [0.2, 0.25) is 0 Å². The molecule has 3 amide bonds. The van der Waals surface area contributed by atoms with Crippen molar-refractivity contribution in [2.24, 2.45) is 0 Å². The molecule has 0 radical (unpaired) electrons. The third-order valence-electron chi connectivity index (χ3n) is 3.56. The minimum atomic E-state index is -0.562. The molecule has 0 aromatic heterocycles. The van der Waals surface area contributed by atoms with E-state index in [1.54, 1.807) is 24.3 Å². The number of carbonyl (C=O) groups excluding carboxylic acids is 3. The van der Waals surface area contributed by atoms with E-state index in [0.717, 1.165) is 16.7 Å². The Balaban J connectivity index is 1.72. The van der Waals surface area contributed by atoms with Gasteiger partial charge in [-0.15, -0.1) is 0 Å². The van der Waals surface area contributed by atoms with Crippen LogP contribution in [0.4, 0.5) is 14.9 Å². The lowest BCUT2D eigenvalue weighted by Gasteiger charge is -2.13. The number of benzene rings is 2. The van der Waals surface area contributed by atoms with Crippen molar-refractivity contribution in [2.45, 2.75) is 0 Å². The van der Waals surface area contributed by atoms with Gasteiger partial charge in [-0.25, -0.2) is 4.39 Å². The number of carbonyl (C=O) groups is 3. The van der Waals surface area contributed by atoms with Gasteiger partial charge in [0.05, 0.1) is 15.1 Å². The van der Waals surface area contributed by atoms with Crippen LogP contribution in [0.25, 0.3) is 6.08 Å². The Kier molecular flexibility index (Phi) is 6.13. The normalized spacial score (nSPS) is 15.5. The summed E-state index contributed by atoms with van der Waals surface area (Å²) in [4.78, 5) is 37.9. The minimum absolute atomic E-state index is 0.173. The smallest absolute Gasteiger partial charge is 0.294 e. The van der Waals surface area contributed by atoms with Gasteiger partial charge in [0.25, 0.3) is 11.1 Å². The van der Waals surface area contributed by atoms with Gasteiger partial charge in [-0.2, -0.15) is 0 Å². The van der Waals surface area contributed by atoms with Crippen molar-refractivity contribution in [1.29, 1.82) is 0 Å². The molecule has 5 nitrogen and oxygen atoms in total. The highest BCUT2D eigenvalue weighted by molar-refractivity contribution is 9.10. The number of anilines is 1. The van der Waals surface area contributed by atoms with E-state index in [2.05, 4.69) is 37.2 Å². The van der Waals surface area contributed by atoms with Gasteiger partial charge >= 0.3 is 0 Å². The van der Waals surface area contributed by atoms with Crippen molar-refractivity contribution in [3.63, 3.8) is 0 Å². The maximum absolute atomic E-state index is 13.3. The zero-order valence-corrected chi connectivity index (χ0v) is 17.5. The molecule has 2 aromatic carbocycles. The van der Waals surface area contributed by atoms with Crippen LogP contribution in [0.15, 0.2) is 56.3 Å². The Labute approximate surface area is 175 Å². The molecule has 1 aliphatic rings. The minimum Gasteiger partial charge on any atom is -0.324 e. The van der Waals surface area contributed by atoms with Crippen molar-refractivity contribution in [1.82, 2.24) is 4.90 Å². The SMILES string of the molecule is O=C(CN1C(=O)S/C(=C/c2ccc(F)c(Br)c2)C1=O)Nc1ccccc1Br. The molecule has 1 heterocycles. The van der Waals surface area contributed by atoms with Gasteiger partial charge in [0.1, 0.15) is 12.4 Å². The molecule has 3 rings (SSSR count). The molecule has 0 spiro atoms. The molecular formula is C18H11Br2FN2O3S. The van der Waals surface area contributed by atoms with Crippen molar-refractivity contribution in [3.05, 3.63) is 67.7 Å². The highest BCUT2D eigenvalue weighted by Gasteiger charge is 2.36. The summed E-state index contributed by atoms with van der Waals surface area (Å²) in [7, 11) is 0. The van der Waals surface area contributed by atoms with E-state index in [9.17, 15) is 18.8 Å². The second-order valence-corrected chi connectivity index (χ2v) is 8.17. The molecule has 9 heteroatoms. The van der Waals surface area contributed by atoms with E-state index < -0.39 is 29.4 Å². The number of nitrogens with one attached hydrogen (secondary N) is 1. The highest BCUT2D eigenvalue weighted by atomic mass is 79.9. The predicted octanol–water partition coefficient (Wildman–Crippen LogP) is 5.03. The molecule has 0 atom stereocenters. The third kappa shape index (κ3) is 4.66. The van der Waals surface area contributed by atoms with E-state index in [-0.39, 0.29) is 9.38 Å². The lowest BCUT2D eigenvalue weighted by molar-refractivity contribution is -0.127. The van der Waals surface area contributed by atoms with E-state index in [1.165, 1.54) is 24.3 Å². The average molecular weight is 514 g/mol. The summed E-state index contributed by atoms with van der Waals surface area (Å²) < 4.78 is 14.3. The van der Waals surface area contributed by atoms with Gasteiger partial charge in [-0.3, -0.25) is 19.3 Å². The topological polar surface area (TPSA) is 66.5 Å². The van der Waals surface area contributed by atoms with Crippen molar-refractivity contribution >= 4 is 72.4 Å². The molecule has 27 heavy (non-hydrogen) atoms. The molecule has 0 unspecified atom stereocenters. The fourth-order valence-corrected chi connectivity index (χ4v) is 3.90. The van der Waals surface area contributed by atoms with Crippen molar-refractivity contribution < 1.29 is 18.8 Å². The number of thioether (sulfide) groups is 1. The van der Waals surface area contributed by atoms with Crippen LogP contribution in [0.3, 0.4) is 0 Å². The van der Waals surface area contributed by atoms with Crippen LogP contribution in [0.1, 0.15) is 5.56 Å². The van der Waals surface area contributed by atoms with Gasteiger partial charge < -0.3 is 5.32 Å². The summed E-state index contributed by atoms with van der Waals surface area (Å²) in [6.07, 6.45) is 1.49. The lowest BCUT2D eigenvalue weighted by atomic mass is 10.2. The summed E-state index contributed by atoms with van der Waals surface area (Å²) in [5.41, 5.74) is 1.10. The molecule has 138 valence electrons. The van der Waals surface area contributed by atoms with Crippen LogP contribution in [-0.2, 0) is 9.59 Å². The van der Waals surface area contributed by atoms with Crippen LogP contribution < -0.4 is 5.32 Å². The second kappa shape index (κ2) is 8.37. The standard InChI is InChI=1S/C18H11Br2FN2O3S/c19-11-3-1-2-4-14(11)22-16(24)9-23-17(25)15(27-18(23)26)8-10-5-6-13(21)12(20)7-10/h1-8H,9H2,(H,22,24)/b15-8+. The number of rotatable bonds is 4. The van der Waals surface area contributed by atoms with Crippen molar-refractivity contribution in [3.8, 4) is 0 Å². The van der Waals surface area contributed by atoms with E-state index in [1.807, 2.05) is 0 Å². The Bertz CT molecular complexity index is 981. The number of halogens is 3. The van der Waals surface area contributed by atoms with E-state index >= 15 is 0 Å². The Morgan fingerprint density at radius 3 is 2.59 bits per heavy atom. The zero-order chi connectivity index (χ0) is 19.6. The second-order valence-electron chi connectivity index (χ2n) is 5.47. The van der Waals surface area contributed by atoms with Gasteiger partial charge in [0.2, 0.25) is 5.91 Å². The van der Waals surface area contributed by atoms with Crippen molar-refractivity contribution in [2.75, 3.05) is 11.9 Å². The van der Waals surface area contributed by atoms with Crippen LogP contribution in [-0.4, -0.2) is 28.5 Å². The molecule has 1 aliphatic heterocycles.